The third-order valence-electron chi connectivity index (χ3n) is 3.51. The third kappa shape index (κ3) is 3.94. The van der Waals surface area contributed by atoms with Crippen LogP contribution >= 0.6 is 0 Å². The number of benzene rings is 1. The molecule has 0 saturated carbocycles. The van der Waals surface area contributed by atoms with Crippen molar-refractivity contribution in [3.63, 3.8) is 0 Å². The number of amides is 1. The Morgan fingerprint density at radius 1 is 1.33 bits per heavy atom. The summed E-state index contributed by atoms with van der Waals surface area (Å²) < 4.78 is 40.9. The second kappa shape index (κ2) is 7.48. The van der Waals surface area contributed by atoms with Crippen LogP contribution in [0.4, 0.5) is 13.2 Å². The summed E-state index contributed by atoms with van der Waals surface area (Å²) >= 11 is 0. The number of rotatable bonds is 6. The van der Waals surface area contributed by atoms with Crippen molar-refractivity contribution in [2.45, 2.75) is 26.1 Å². The molecule has 1 atom stereocenters. The van der Waals surface area contributed by atoms with Crippen LogP contribution in [-0.2, 0) is 25.0 Å². The van der Waals surface area contributed by atoms with Gasteiger partial charge in [-0.25, -0.2) is 18.2 Å². The molecule has 0 radical (unpaired) electrons. The van der Waals surface area contributed by atoms with Gasteiger partial charge in [-0.3, -0.25) is 14.3 Å². The highest BCUT2D eigenvalue weighted by atomic mass is 19.1. The first-order valence-corrected chi connectivity index (χ1v) is 7.26. The van der Waals surface area contributed by atoms with Crippen LogP contribution in [0.5, 0.6) is 0 Å². The maximum atomic E-state index is 13.3. The molecule has 8 heteroatoms. The van der Waals surface area contributed by atoms with E-state index in [1.807, 2.05) is 0 Å². The highest BCUT2D eigenvalue weighted by Crippen LogP contribution is 2.17. The molecule has 2 rings (SSSR count). The molecule has 2 aromatic rings. The molecule has 1 aromatic heterocycles. The van der Waals surface area contributed by atoms with Gasteiger partial charge in [-0.1, -0.05) is 0 Å². The van der Waals surface area contributed by atoms with Crippen LogP contribution in [0.15, 0.2) is 24.4 Å². The number of aromatic nitrogens is 2. The van der Waals surface area contributed by atoms with Gasteiger partial charge in [-0.2, -0.15) is 5.10 Å². The number of hydrogen-bond donors (Lipinski definition) is 0. The Morgan fingerprint density at radius 2 is 1.96 bits per heavy atom. The van der Waals surface area contributed by atoms with Crippen LogP contribution < -0.4 is 0 Å². The summed E-state index contributed by atoms with van der Waals surface area (Å²) in [4.78, 5) is 17.7. The van der Waals surface area contributed by atoms with Crippen LogP contribution in [0.2, 0.25) is 0 Å². The van der Waals surface area contributed by atoms with Crippen LogP contribution in [0, 0.1) is 11.6 Å². The number of alkyl halides is 1. The minimum absolute atomic E-state index is 0.00792. The van der Waals surface area contributed by atoms with E-state index < -0.39 is 30.3 Å². The number of carbonyl (C=O) groups is 1. The Labute approximate surface area is 137 Å². The summed E-state index contributed by atoms with van der Waals surface area (Å²) in [5.74, 6) is -1.96. The van der Waals surface area contributed by atoms with Gasteiger partial charge in [-0.05, 0) is 31.0 Å². The molecule has 1 aromatic carbocycles. The van der Waals surface area contributed by atoms with Crippen molar-refractivity contribution in [2.24, 2.45) is 7.05 Å². The van der Waals surface area contributed by atoms with E-state index in [9.17, 15) is 18.0 Å². The lowest BCUT2D eigenvalue weighted by molar-refractivity contribution is -0.119. The average Bonchev–Trinajstić information content (AvgIpc) is 2.87. The summed E-state index contributed by atoms with van der Waals surface area (Å²) in [7, 11) is 2.87. The van der Waals surface area contributed by atoms with E-state index in [1.165, 1.54) is 30.1 Å². The summed E-state index contributed by atoms with van der Waals surface area (Å²) in [6, 6.07) is 2.62. The largest absolute Gasteiger partial charge is 0.281 e. The summed E-state index contributed by atoms with van der Waals surface area (Å²) in [6.45, 7) is 0.776. The number of aryl methyl sites for hydroxylation is 1. The number of carbonyl (C=O) groups excluding carboxylic acids is 1. The Bertz CT molecular complexity index is 713. The van der Waals surface area contributed by atoms with E-state index in [-0.39, 0.29) is 17.7 Å². The third-order valence-corrected chi connectivity index (χ3v) is 3.51. The Balaban J connectivity index is 2.21. The first-order chi connectivity index (χ1) is 11.3. The predicted molar refractivity (Wildman–Crippen MR) is 80.7 cm³/mol. The number of nitrogens with zero attached hydrogens (tertiary/aromatic N) is 3. The molecule has 0 saturated heterocycles. The van der Waals surface area contributed by atoms with Crippen molar-refractivity contribution in [1.82, 2.24) is 14.8 Å². The van der Waals surface area contributed by atoms with Gasteiger partial charge in [0.15, 0.2) is 0 Å². The molecule has 1 unspecified atom stereocenters. The lowest BCUT2D eigenvalue weighted by Gasteiger charge is -2.26. The first-order valence-electron chi connectivity index (χ1n) is 7.26. The standard InChI is InChI=1S/C16H18F3N3O2/c1-10(4-11-5-12(18)7-13(19)6-11)22(24-3)16(23)14-9-21(2)20-15(14)8-17/h5-7,9-10H,4,8H2,1-3H3. The zero-order valence-corrected chi connectivity index (χ0v) is 13.6. The lowest BCUT2D eigenvalue weighted by Crippen LogP contribution is -2.39. The smallest absolute Gasteiger partial charge is 0.275 e. The molecule has 0 bridgehead atoms. The maximum Gasteiger partial charge on any atom is 0.281 e. The fourth-order valence-electron chi connectivity index (χ4n) is 2.55. The molecule has 0 fully saturated rings. The molecule has 1 amide bonds. The van der Waals surface area contributed by atoms with Crippen LogP contribution in [0.25, 0.3) is 0 Å². The number of halogens is 3. The molecule has 130 valence electrons. The molecule has 24 heavy (non-hydrogen) atoms. The molecule has 0 aliphatic rings. The maximum absolute atomic E-state index is 13.3. The quantitative estimate of drug-likeness (QED) is 0.759. The average molecular weight is 341 g/mol. The second-order valence-electron chi connectivity index (χ2n) is 5.44. The molecule has 5 nitrogen and oxygen atoms in total. The van der Waals surface area contributed by atoms with Gasteiger partial charge >= 0.3 is 0 Å². The Morgan fingerprint density at radius 3 is 2.50 bits per heavy atom. The van der Waals surface area contributed by atoms with Crippen molar-refractivity contribution >= 4 is 5.91 Å². The molecule has 0 N–H and O–H groups in total. The summed E-state index contributed by atoms with van der Waals surface area (Å²) in [6.07, 6.45) is 1.57. The first kappa shape index (κ1) is 18.0. The lowest BCUT2D eigenvalue weighted by atomic mass is 10.1. The zero-order valence-electron chi connectivity index (χ0n) is 13.6. The van der Waals surface area contributed by atoms with Gasteiger partial charge in [0.05, 0.1) is 18.7 Å². The molecule has 0 spiro atoms. The van der Waals surface area contributed by atoms with Gasteiger partial charge in [0.2, 0.25) is 0 Å². The molecule has 0 aliphatic carbocycles. The molecular formula is C16H18F3N3O2. The summed E-state index contributed by atoms with van der Waals surface area (Å²) in [5.41, 5.74) is 0.472. The van der Waals surface area contributed by atoms with E-state index in [0.717, 1.165) is 11.1 Å². The SMILES string of the molecule is CON(C(=O)c1cn(C)nc1CF)C(C)Cc1cc(F)cc(F)c1. The minimum Gasteiger partial charge on any atom is -0.275 e. The fraction of sp³-hybridized carbons (Fsp3) is 0.375. The Kier molecular flexibility index (Phi) is 5.61. The van der Waals surface area contributed by atoms with Gasteiger partial charge in [0.1, 0.15) is 24.0 Å². The van der Waals surface area contributed by atoms with E-state index in [0.29, 0.717) is 5.56 Å². The number of hydroxylamine groups is 2. The molecule has 0 aliphatic heterocycles. The normalized spacial score (nSPS) is 12.2. The monoisotopic (exact) mass is 341 g/mol. The Hall–Kier alpha value is -2.35. The van der Waals surface area contributed by atoms with E-state index in [2.05, 4.69) is 5.10 Å². The van der Waals surface area contributed by atoms with E-state index in [1.54, 1.807) is 14.0 Å². The zero-order chi connectivity index (χ0) is 17.9. The molecule has 1 heterocycles. The summed E-state index contributed by atoms with van der Waals surface area (Å²) in [5, 5.41) is 4.91. The minimum atomic E-state index is -0.886. The van der Waals surface area contributed by atoms with Gasteiger partial charge in [0.25, 0.3) is 5.91 Å². The molecular weight excluding hydrogens is 323 g/mol. The van der Waals surface area contributed by atoms with Crippen molar-refractivity contribution < 1.29 is 22.8 Å². The van der Waals surface area contributed by atoms with Gasteiger partial charge in [0, 0.05) is 19.3 Å². The predicted octanol–water partition coefficient (Wildman–Crippen LogP) is 2.80. The van der Waals surface area contributed by atoms with Gasteiger partial charge < -0.3 is 0 Å². The van der Waals surface area contributed by atoms with Crippen molar-refractivity contribution in [3.05, 3.63) is 52.9 Å². The van der Waals surface area contributed by atoms with E-state index in [4.69, 9.17) is 4.84 Å². The van der Waals surface area contributed by atoms with Crippen molar-refractivity contribution in [3.8, 4) is 0 Å². The topological polar surface area (TPSA) is 47.4 Å². The van der Waals surface area contributed by atoms with E-state index >= 15 is 0 Å². The highest BCUT2D eigenvalue weighted by Gasteiger charge is 2.26. The van der Waals surface area contributed by atoms with Crippen LogP contribution in [0.3, 0.4) is 0 Å². The highest BCUT2D eigenvalue weighted by molar-refractivity contribution is 5.94. The fourth-order valence-corrected chi connectivity index (χ4v) is 2.55. The van der Waals surface area contributed by atoms with Crippen molar-refractivity contribution in [2.75, 3.05) is 7.11 Å². The van der Waals surface area contributed by atoms with Crippen molar-refractivity contribution in [1.29, 1.82) is 0 Å². The number of hydrogen-bond acceptors (Lipinski definition) is 3. The van der Waals surface area contributed by atoms with Gasteiger partial charge in [-0.15, -0.1) is 0 Å². The second-order valence-corrected chi connectivity index (χ2v) is 5.44. The van der Waals surface area contributed by atoms with Crippen LogP contribution in [-0.4, -0.2) is 33.9 Å². The van der Waals surface area contributed by atoms with Crippen LogP contribution in [0.1, 0.15) is 28.5 Å².